The van der Waals surface area contributed by atoms with Crippen molar-refractivity contribution < 1.29 is 31.5 Å². The highest BCUT2D eigenvalue weighted by Crippen LogP contribution is 2.43. The summed E-state index contributed by atoms with van der Waals surface area (Å²) in [7, 11) is 0. The number of aryl methyl sites for hydroxylation is 3. The van der Waals surface area contributed by atoms with E-state index in [-0.39, 0.29) is 33.8 Å². The van der Waals surface area contributed by atoms with Gasteiger partial charge in [-0.1, -0.05) is 17.8 Å². The van der Waals surface area contributed by atoms with Crippen LogP contribution in [0.4, 0.5) is 22.0 Å². The van der Waals surface area contributed by atoms with Crippen LogP contribution in [-0.2, 0) is 5.54 Å². The Morgan fingerprint density at radius 1 is 0.879 bits per heavy atom. The van der Waals surface area contributed by atoms with E-state index in [0.29, 0.717) is 0 Å². The fraction of sp³-hybridized carbons (Fsp3) is 0.304. The van der Waals surface area contributed by atoms with Crippen molar-refractivity contribution in [3.8, 4) is 5.88 Å². The summed E-state index contributed by atoms with van der Waals surface area (Å²) < 4.78 is 76.5. The molecule has 1 aromatic heterocycles. The molecule has 0 amide bonds. The van der Waals surface area contributed by atoms with Gasteiger partial charge in [0.25, 0.3) is 0 Å². The molecule has 2 aromatic carbocycles. The van der Waals surface area contributed by atoms with Gasteiger partial charge in [-0.2, -0.15) is 5.10 Å². The monoisotopic (exact) mass is 484 g/mol. The zero-order chi connectivity index (χ0) is 24.8. The number of hydrogen-bond donors (Lipinski definition) is 0. The van der Waals surface area contributed by atoms with Crippen LogP contribution in [0.2, 0.25) is 0 Å². The lowest BCUT2D eigenvalue weighted by Crippen LogP contribution is -2.25. The van der Waals surface area contributed by atoms with Crippen LogP contribution in [0.15, 0.2) is 28.0 Å². The molecule has 0 saturated carbocycles. The standard InChI is InChI=1S/C23H21F5N2O2S/c1-10-7-8-13(9-11(10)2)22(31)32-21-19(12(3)29-30(21)23(4,5)6)33-20-17(27)15(25)14(24)16(26)18(20)28/h7-9H,1-6H3. The highest BCUT2D eigenvalue weighted by molar-refractivity contribution is 7.99. The van der Waals surface area contributed by atoms with Gasteiger partial charge in [0.05, 0.1) is 26.6 Å². The quantitative estimate of drug-likeness (QED) is 0.181. The van der Waals surface area contributed by atoms with Gasteiger partial charge in [0.1, 0.15) is 0 Å². The van der Waals surface area contributed by atoms with Gasteiger partial charge in [-0.25, -0.2) is 31.4 Å². The van der Waals surface area contributed by atoms with E-state index in [4.69, 9.17) is 4.74 Å². The molecule has 10 heteroatoms. The third-order valence-electron chi connectivity index (χ3n) is 4.91. The van der Waals surface area contributed by atoms with E-state index in [9.17, 15) is 26.7 Å². The van der Waals surface area contributed by atoms with Gasteiger partial charge >= 0.3 is 5.97 Å². The first-order valence-corrected chi connectivity index (χ1v) is 10.6. The summed E-state index contributed by atoms with van der Waals surface area (Å²) in [5.41, 5.74) is 1.48. The van der Waals surface area contributed by atoms with Crippen molar-refractivity contribution in [1.29, 1.82) is 0 Å². The maximum absolute atomic E-state index is 14.3. The molecule has 0 unspecified atom stereocenters. The SMILES string of the molecule is Cc1ccc(C(=O)Oc2c(Sc3c(F)c(F)c(F)c(F)c3F)c(C)nn2C(C)(C)C)cc1C. The van der Waals surface area contributed by atoms with E-state index in [1.165, 1.54) is 11.6 Å². The van der Waals surface area contributed by atoms with Crippen molar-refractivity contribution in [2.75, 3.05) is 0 Å². The fourth-order valence-corrected chi connectivity index (χ4v) is 3.91. The molecule has 3 aromatic rings. The number of carbonyl (C=O) groups excluding carboxylic acids is 1. The lowest BCUT2D eigenvalue weighted by molar-refractivity contribution is 0.0704. The predicted octanol–water partition coefficient (Wildman–Crippen LogP) is 6.63. The van der Waals surface area contributed by atoms with E-state index in [1.807, 2.05) is 13.8 Å². The molecule has 0 spiro atoms. The Morgan fingerprint density at radius 3 is 1.94 bits per heavy atom. The van der Waals surface area contributed by atoms with Crippen LogP contribution >= 0.6 is 11.8 Å². The van der Waals surface area contributed by atoms with Crippen molar-refractivity contribution in [3.63, 3.8) is 0 Å². The molecular formula is C23H21F5N2O2S. The van der Waals surface area contributed by atoms with E-state index < -0.39 is 45.5 Å². The Morgan fingerprint density at radius 2 is 1.42 bits per heavy atom. The van der Waals surface area contributed by atoms with Gasteiger partial charge in [0.2, 0.25) is 11.7 Å². The van der Waals surface area contributed by atoms with E-state index in [2.05, 4.69) is 5.10 Å². The van der Waals surface area contributed by atoms with Crippen molar-refractivity contribution in [1.82, 2.24) is 9.78 Å². The molecule has 0 bridgehead atoms. The highest BCUT2D eigenvalue weighted by Gasteiger charge is 2.32. The molecular weight excluding hydrogens is 463 g/mol. The highest BCUT2D eigenvalue weighted by atomic mass is 32.2. The number of ether oxygens (including phenoxy) is 1. The van der Waals surface area contributed by atoms with Crippen LogP contribution in [0.25, 0.3) is 0 Å². The Kier molecular flexibility index (Phi) is 6.61. The van der Waals surface area contributed by atoms with Gasteiger partial charge in [0.15, 0.2) is 23.3 Å². The summed E-state index contributed by atoms with van der Waals surface area (Å²) in [5.74, 6) is -11.3. The van der Waals surface area contributed by atoms with Gasteiger partial charge in [-0.15, -0.1) is 0 Å². The molecule has 0 aliphatic heterocycles. The number of hydrogen-bond acceptors (Lipinski definition) is 4. The molecule has 4 nitrogen and oxygen atoms in total. The maximum Gasteiger partial charge on any atom is 0.344 e. The molecule has 0 radical (unpaired) electrons. The third kappa shape index (κ3) is 4.62. The van der Waals surface area contributed by atoms with Gasteiger partial charge in [0, 0.05) is 0 Å². The van der Waals surface area contributed by atoms with Gasteiger partial charge in [-0.3, -0.25) is 0 Å². The Bertz CT molecular complexity index is 1240. The summed E-state index contributed by atoms with van der Waals surface area (Å²) in [6, 6.07) is 4.92. The first-order valence-electron chi connectivity index (χ1n) is 9.82. The molecule has 0 atom stereocenters. The average molecular weight is 484 g/mol. The van der Waals surface area contributed by atoms with Crippen molar-refractivity contribution >= 4 is 17.7 Å². The normalized spacial score (nSPS) is 11.7. The third-order valence-corrected chi connectivity index (χ3v) is 6.14. The number of esters is 1. The summed E-state index contributed by atoms with van der Waals surface area (Å²) >= 11 is 0.254. The van der Waals surface area contributed by atoms with Crippen LogP contribution < -0.4 is 4.74 Å². The predicted molar refractivity (Wildman–Crippen MR) is 113 cm³/mol. The minimum atomic E-state index is -2.25. The number of carbonyl (C=O) groups is 1. The second-order valence-electron chi connectivity index (χ2n) is 8.49. The van der Waals surface area contributed by atoms with E-state index >= 15 is 0 Å². The minimum Gasteiger partial charge on any atom is -0.403 e. The summed E-state index contributed by atoms with van der Waals surface area (Å²) in [4.78, 5) is 11.7. The summed E-state index contributed by atoms with van der Waals surface area (Å²) in [5, 5.41) is 4.29. The van der Waals surface area contributed by atoms with E-state index in [1.54, 1.807) is 39.0 Å². The minimum absolute atomic E-state index is 0.0506. The Labute approximate surface area is 191 Å². The Balaban J connectivity index is 2.13. The molecule has 0 saturated heterocycles. The Hall–Kier alpha value is -2.88. The second kappa shape index (κ2) is 8.81. The van der Waals surface area contributed by atoms with Crippen LogP contribution in [0.5, 0.6) is 5.88 Å². The second-order valence-corrected chi connectivity index (χ2v) is 9.51. The number of halogens is 5. The van der Waals surface area contributed by atoms with Crippen molar-refractivity contribution in [3.05, 3.63) is 69.7 Å². The first kappa shape index (κ1) is 24.8. The molecule has 0 aliphatic rings. The van der Waals surface area contributed by atoms with Crippen molar-refractivity contribution in [2.24, 2.45) is 0 Å². The van der Waals surface area contributed by atoms with Crippen LogP contribution in [-0.4, -0.2) is 15.7 Å². The smallest absolute Gasteiger partial charge is 0.344 e. The maximum atomic E-state index is 14.3. The van der Waals surface area contributed by atoms with Crippen molar-refractivity contribution in [2.45, 2.75) is 56.9 Å². The van der Waals surface area contributed by atoms with Crippen LogP contribution in [0.3, 0.4) is 0 Å². The first-order chi connectivity index (χ1) is 15.2. The zero-order valence-electron chi connectivity index (χ0n) is 18.7. The zero-order valence-corrected chi connectivity index (χ0v) is 19.6. The van der Waals surface area contributed by atoms with E-state index in [0.717, 1.165) is 11.1 Å². The summed E-state index contributed by atoms with van der Waals surface area (Å²) in [6.07, 6.45) is 0. The van der Waals surface area contributed by atoms with Crippen LogP contribution in [0.1, 0.15) is 48.0 Å². The molecule has 176 valence electrons. The molecule has 0 aliphatic carbocycles. The number of benzene rings is 2. The molecule has 0 fully saturated rings. The molecule has 1 heterocycles. The average Bonchev–Trinajstić information content (AvgIpc) is 3.05. The molecule has 33 heavy (non-hydrogen) atoms. The fourth-order valence-electron chi connectivity index (χ4n) is 2.95. The lowest BCUT2D eigenvalue weighted by atomic mass is 10.1. The van der Waals surface area contributed by atoms with Gasteiger partial charge < -0.3 is 4.74 Å². The topological polar surface area (TPSA) is 44.1 Å². The van der Waals surface area contributed by atoms with Crippen LogP contribution in [0, 0.1) is 49.9 Å². The number of aromatic nitrogens is 2. The number of nitrogens with zero attached hydrogens (tertiary/aromatic N) is 2. The summed E-state index contributed by atoms with van der Waals surface area (Å²) in [6.45, 7) is 10.4. The van der Waals surface area contributed by atoms with Gasteiger partial charge in [-0.05, 0) is 64.8 Å². The molecule has 0 N–H and O–H groups in total. The molecule has 3 rings (SSSR count). The largest absolute Gasteiger partial charge is 0.403 e. The number of rotatable bonds is 4. The lowest BCUT2D eigenvalue weighted by Gasteiger charge is -2.22.